The molecule has 1 aliphatic carbocycles. The van der Waals surface area contributed by atoms with E-state index in [9.17, 15) is 0 Å². The molecule has 2 aliphatic heterocycles. The molecule has 0 N–H and O–H groups in total. The summed E-state index contributed by atoms with van der Waals surface area (Å²) < 4.78 is 0. The highest BCUT2D eigenvalue weighted by atomic mass is 15.2. The zero-order chi connectivity index (χ0) is 13.0. The van der Waals surface area contributed by atoms with Crippen molar-refractivity contribution >= 4 is 0 Å². The number of hydrogen-bond acceptors (Lipinski definition) is 1. The molecular weight excluding hydrogens is 230 g/mol. The Bertz CT molecular complexity index is 631. The monoisotopic (exact) mass is 249 g/mol. The molecule has 2 aromatic carbocycles. The number of benzene rings is 2. The first-order valence-corrected chi connectivity index (χ1v) is 7.16. The highest BCUT2D eigenvalue weighted by Crippen LogP contribution is 2.48. The second-order valence-corrected chi connectivity index (χ2v) is 5.93. The van der Waals surface area contributed by atoms with Crippen LogP contribution in [0.3, 0.4) is 0 Å². The van der Waals surface area contributed by atoms with Gasteiger partial charge < -0.3 is 0 Å². The lowest BCUT2D eigenvalue weighted by atomic mass is 9.79. The maximum absolute atomic E-state index is 2.56. The molecule has 0 amide bonds. The summed E-state index contributed by atoms with van der Waals surface area (Å²) >= 11 is 0. The third kappa shape index (κ3) is 1.45. The average Bonchev–Trinajstić information content (AvgIpc) is 2.65. The molecule has 5 rings (SSSR count). The zero-order valence-corrected chi connectivity index (χ0v) is 11.5. The molecule has 0 radical (unpaired) electrons. The number of fused-ring (bicyclic) bond motifs is 1. The first kappa shape index (κ1) is 11.2. The van der Waals surface area contributed by atoms with Gasteiger partial charge in [-0.1, -0.05) is 48.5 Å². The van der Waals surface area contributed by atoms with Crippen LogP contribution in [0.1, 0.15) is 41.1 Å². The third-order valence-electron chi connectivity index (χ3n) is 5.11. The van der Waals surface area contributed by atoms with Gasteiger partial charge in [0.2, 0.25) is 0 Å². The minimum Gasteiger partial charge on any atom is -0.295 e. The molecule has 1 nitrogen and oxygen atoms in total. The van der Waals surface area contributed by atoms with Crippen molar-refractivity contribution in [2.24, 2.45) is 0 Å². The van der Waals surface area contributed by atoms with E-state index in [0.29, 0.717) is 18.0 Å². The SMILES string of the molecule is C[C@@H]1[C@H]2c3ccccc3C[C@@H](c3ccccc32)N1C. The Hall–Kier alpha value is -1.60. The molecule has 0 fully saturated rings. The Morgan fingerprint density at radius 3 is 2.32 bits per heavy atom. The topological polar surface area (TPSA) is 3.24 Å². The van der Waals surface area contributed by atoms with Crippen LogP contribution in [-0.2, 0) is 6.42 Å². The van der Waals surface area contributed by atoms with Gasteiger partial charge in [0.05, 0.1) is 0 Å². The van der Waals surface area contributed by atoms with Crippen molar-refractivity contribution in [2.45, 2.75) is 31.3 Å². The van der Waals surface area contributed by atoms with Gasteiger partial charge in [-0.15, -0.1) is 0 Å². The van der Waals surface area contributed by atoms with E-state index in [-0.39, 0.29) is 0 Å². The van der Waals surface area contributed by atoms with Gasteiger partial charge in [0.25, 0.3) is 0 Å². The minimum atomic E-state index is 0.524. The van der Waals surface area contributed by atoms with E-state index in [2.05, 4.69) is 67.4 Å². The van der Waals surface area contributed by atoms with Gasteiger partial charge in [-0.2, -0.15) is 0 Å². The van der Waals surface area contributed by atoms with Crippen LogP contribution in [0.15, 0.2) is 48.5 Å². The van der Waals surface area contributed by atoms with Crippen LogP contribution in [-0.4, -0.2) is 18.0 Å². The standard InChI is InChI=1S/C18H19N/c1-12-18-14-8-4-3-7-13(14)11-17(19(12)2)15-9-5-6-10-16(15)18/h3-10,12,17-18H,11H2,1-2H3/t12-,17+,18+/m1/s1. The molecular formula is C18H19N. The molecule has 2 bridgehead atoms. The van der Waals surface area contributed by atoms with Gasteiger partial charge in [-0.3, -0.25) is 4.90 Å². The predicted molar refractivity (Wildman–Crippen MR) is 78.4 cm³/mol. The van der Waals surface area contributed by atoms with Crippen LogP contribution < -0.4 is 0 Å². The van der Waals surface area contributed by atoms with E-state index in [1.807, 2.05) is 0 Å². The molecule has 3 aliphatic rings. The molecule has 96 valence electrons. The van der Waals surface area contributed by atoms with Crippen molar-refractivity contribution in [1.82, 2.24) is 4.90 Å². The van der Waals surface area contributed by atoms with E-state index < -0.39 is 0 Å². The molecule has 19 heavy (non-hydrogen) atoms. The van der Waals surface area contributed by atoms with Crippen LogP contribution in [0.2, 0.25) is 0 Å². The molecule has 0 unspecified atom stereocenters. The summed E-state index contributed by atoms with van der Waals surface area (Å²) in [5, 5.41) is 0. The molecule has 0 spiro atoms. The first-order chi connectivity index (χ1) is 9.27. The highest BCUT2D eigenvalue weighted by Gasteiger charge is 2.40. The molecule has 2 aromatic rings. The summed E-state index contributed by atoms with van der Waals surface area (Å²) in [6.45, 7) is 2.37. The average molecular weight is 249 g/mol. The number of rotatable bonds is 0. The summed E-state index contributed by atoms with van der Waals surface area (Å²) in [6.07, 6.45) is 1.14. The summed E-state index contributed by atoms with van der Waals surface area (Å²) in [5.74, 6) is 0.524. The largest absolute Gasteiger partial charge is 0.295 e. The van der Waals surface area contributed by atoms with Crippen molar-refractivity contribution in [3.05, 3.63) is 70.8 Å². The fraction of sp³-hybridized carbons (Fsp3) is 0.333. The summed E-state index contributed by atoms with van der Waals surface area (Å²) in [5.41, 5.74) is 6.14. The number of likely N-dealkylation sites (N-methyl/N-ethyl adjacent to an activating group) is 1. The second-order valence-electron chi connectivity index (χ2n) is 5.93. The van der Waals surface area contributed by atoms with E-state index in [1.54, 1.807) is 5.56 Å². The van der Waals surface area contributed by atoms with Crippen LogP contribution in [0.4, 0.5) is 0 Å². The van der Waals surface area contributed by atoms with Gasteiger partial charge in [0, 0.05) is 18.0 Å². The van der Waals surface area contributed by atoms with E-state index in [4.69, 9.17) is 0 Å². The van der Waals surface area contributed by atoms with Gasteiger partial charge >= 0.3 is 0 Å². The molecule has 0 saturated heterocycles. The van der Waals surface area contributed by atoms with E-state index in [0.717, 1.165) is 6.42 Å². The Balaban J connectivity index is 2.03. The van der Waals surface area contributed by atoms with Crippen molar-refractivity contribution in [3.63, 3.8) is 0 Å². The normalized spacial score (nSPS) is 28.6. The molecule has 2 heterocycles. The minimum absolute atomic E-state index is 0.524. The van der Waals surface area contributed by atoms with Gasteiger partial charge in [-0.25, -0.2) is 0 Å². The Morgan fingerprint density at radius 1 is 0.895 bits per heavy atom. The predicted octanol–water partition coefficient (Wildman–Crippen LogP) is 3.75. The van der Waals surface area contributed by atoms with Crippen LogP contribution in [0.5, 0.6) is 0 Å². The second kappa shape index (κ2) is 3.94. The molecule has 0 aromatic heterocycles. The molecule has 1 heteroatoms. The molecule has 3 atom stereocenters. The van der Waals surface area contributed by atoms with Crippen molar-refractivity contribution in [1.29, 1.82) is 0 Å². The van der Waals surface area contributed by atoms with Crippen molar-refractivity contribution in [3.8, 4) is 0 Å². The maximum Gasteiger partial charge on any atom is 0.0391 e. The fourth-order valence-corrected chi connectivity index (χ4v) is 4.01. The quantitative estimate of drug-likeness (QED) is 0.687. The molecule has 0 saturated carbocycles. The Kier molecular flexibility index (Phi) is 2.33. The summed E-state index contributed by atoms with van der Waals surface area (Å²) in [4.78, 5) is 2.56. The Labute approximate surface area is 114 Å². The highest BCUT2D eigenvalue weighted by molar-refractivity contribution is 5.49. The lowest BCUT2D eigenvalue weighted by Crippen LogP contribution is -2.41. The van der Waals surface area contributed by atoms with E-state index in [1.165, 1.54) is 16.7 Å². The fourth-order valence-electron chi connectivity index (χ4n) is 4.01. The third-order valence-corrected chi connectivity index (χ3v) is 5.11. The summed E-state index contributed by atoms with van der Waals surface area (Å²) in [7, 11) is 2.28. The van der Waals surface area contributed by atoms with Gasteiger partial charge in [0.1, 0.15) is 0 Å². The number of hydrogen-bond donors (Lipinski definition) is 0. The maximum atomic E-state index is 2.56. The van der Waals surface area contributed by atoms with Gasteiger partial charge in [0.15, 0.2) is 0 Å². The van der Waals surface area contributed by atoms with Crippen molar-refractivity contribution < 1.29 is 0 Å². The van der Waals surface area contributed by atoms with Crippen LogP contribution in [0, 0.1) is 0 Å². The number of nitrogens with zero attached hydrogens (tertiary/aromatic N) is 1. The Morgan fingerprint density at radius 2 is 1.53 bits per heavy atom. The zero-order valence-electron chi connectivity index (χ0n) is 11.5. The van der Waals surface area contributed by atoms with E-state index >= 15 is 0 Å². The lowest BCUT2D eigenvalue weighted by molar-refractivity contribution is 0.160. The van der Waals surface area contributed by atoms with Crippen molar-refractivity contribution in [2.75, 3.05) is 7.05 Å². The smallest absolute Gasteiger partial charge is 0.0391 e. The van der Waals surface area contributed by atoms with Crippen LogP contribution >= 0.6 is 0 Å². The van der Waals surface area contributed by atoms with Gasteiger partial charge in [-0.05, 0) is 42.6 Å². The first-order valence-electron chi connectivity index (χ1n) is 7.16. The summed E-state index contributed by atoms with van der Waals surface area (Å²) in [6, 6.07) is 19.1. The van der Waals surface area contributed by atoms with Crippen LogP contribution in [0.25, 0.3) is 0 Å². The lowest BCUT2D eigenvalue weighted by Gasteiger charge is -2.41.